The lowest BCUT2D eigenvalue weighted by Crippen LogP contribution is -2.28. The molecule has 1 aromatic carbocycles. The highest BCUT2D eigenvalue weighted by Gasteiger charge is 2.10. The first-order chi connectivity index (χ1) is 11.7. The average Bonchev–Trinajstić information content (AvgIpc) is 3.20. The largest absolute Gasteiger partial charge is 0.350 e. The normalized spacial score (nSPS) is 10.8. The second-order valence-corrected chi connectivity index (χ2v) is 5.36. The number of hydrogen-bond donors (Lipinski definition) is 1. The van der Waals surface area contributed by atoms with Crippen LogP contribution >= 0.6 is 0 Å². The van der Waals surface area contributed by atoms with E-state index >= 15 is 0 Å². The fraction of sp³-hybridized carbons (Fsp3) is 0.312. The molecule has 0 saturated heterocycles. The summed E-state index contributed by atoms with van der Waals surface area (Å²) < 4.78 is 1.90. The number of rotatable bonds is 6. The van der Waals surface area contributed by atoms with Gasteiger partial charge >= 0.3 is 0 Å². The van der Waals surface area contributed by atoms with Crippen molar-refractivity contribution in [2.24, 2.45) is 0 Å². The summed E-state index contributed by atoms with van der Waals surface area (Å²) in [5.41, 5.74) is 2.93. The zero-order valence-electron chi connectivity index (χ0n) is 13.7. The molecule has 2 heterocycles. The van der Waals surface area contributed by atoms with Gasteiger partial charge in [0.1, 0.15) is 6.54 Å². The number of hydrogen-bond acceptors (Lipinski definition) is 5. The Kier molecular flexibility index (Phi) is 4.64. The molecule has 0 unspecified atom stereocenters. The summed E-state index contributed by atoms with van der Waals surface area (Å²) in [6.45, 7) is 5.29. The Morgan fingerprint density at radius 1 is 1.25 bits per heavy atom. The molecule has 0 atom stereocenters. The predicted molar refractivity (Wildman–Crippen MR) is 87.7 cm³/mol. The molecule has 2 aromatic heterocycles. The lowest BCUT2D eigenvalue weighted by Gasteiger charge is -2.05. The third-order valence-corrected chi connectivity index (χ3v) is 3.75. The number of nitrogens with one attached hydrogen (secondary N) is 1. The summed E-state index contributed by atoms with van der Waals surface area (Å²) in [6.07, 6.45) is 1.78. The van der Waals surface area contributed by atoms with Crippen molar-refractivity contribution in [1.29, 1.82) is 0 Å². The van der Waals surface area contributed by atoms with Gasteiger partial charge in [-0.1, -0.05) is 30.3 Å². The van der Waals surface area contributed by atoms with Crippen molar-refractivity contribution in [3.8, 4) is 11.4 Å². The first-order valence-corrected chi connectivity index (χ1v) is 7.78. The van der Waals surface area contributed by atoms with Gasteiger partial charge in [0.15, 0.2) is 0 Å². The molecule has 8 heteroatoms. The van der Waals surface area contributed by atoms with E-state index in [9.17, 15) is 4.79 Å². The van der Waals surface area contributed by atoms with Gasteiger partial charge in [-0.25, -0.2) is 0 Å². The molecule has 24 heavy (non-hydrogen) atoms. The number of benzene rings is 1. The Morgan fingerprint density at radius 2 is 2.04 bits per heavy atom. The van der Waals surface area contributed by atoms with Gasteiger partial charge in [0.25, 0.3) is 0 Å². The van der Waals surface area contributed by atoms with E-state index in [1.807, 2.05) is 48.9 Å². The molecule has 0 aliphatic heterocycles. The van der Waals surface area contributed by atoms with E-state index in [0.29, 0.717) is 12.4 Å². The smallest absolute Gasteiger partial charge is 0.243 e. The summed E-state index contributed by atoms with van der Waals surface area (Å²) in [7, 11) is 0. The molecule has 0 aliphatic rings. The molecule has 8 nitrogen and oxygen atoms in total. The van der Waals surface area contributed by atoms with Crippen molar-refractivity contribution in [1.82, 2.24) is 35.3 Å². The number of amides is 1. The molecule has 0 fully saturated rings. The molecular formula is C16H19N7O. The minimum Gasteiger partial charge on any atom is -0.350 e. The van der Waals surface area contributed by atoms with Crippen LogP contribution < -0.4 is 5.32 Å². The SMILES string of the molecule is CCn1ncc(CNC(=O)Cn2nnc(-c3ccccc3)n2)c1C. The van der Waals surface area contributed by atoms with Crippen molar-refractivity contribution in [3.63, 3.8) is 0 Å². The van der Waals surface area contributed by atoms with E-state index in [1.54, 1.807) is 6.20 Å². The quantitative estimate of drug-likeness (QED) is 0.735. The van der Waals surface area contributed by atoms with Crippen LogP contribution in [0.1, 0.15) is 18.2 Å². The van der Waals surface area contributed by atoms with E-state index in [2.05, 4.69) is 25.8 Å². The van der Waals surface area contributed by atoms with Crippen LogP contribution in [0.4, 0.5) is 0 Å². The molecule has 3 rings (SSSR count). The van der Waals surface area contributed by atoms with Gasteiger partial charge < -0.3 is 5.32 Å². The molecule has 1 amide bonds. The van der Waals surface area contributed by atoms with Crippen LogP contribution in [0.3, 0.4) is 0 Å². The predicted octanol–water partition coefficient (Wildman–Crippen LogP) is 1.18. The molecule has 0 bridgehead atoms. The minimum absolute atomic E-state index is 0.0286. The minimum atomic E-state index is -0.171. The number of carbonyl (C=O) groups is 1. The maximum Gasteiger partial charge on any atom is 0.243 e. The van der Waals surface area contributed by atoms with Gasteiger partial charge in [0.05, 0.1) is 6.20 Å². The highest BCUT2D eigenvalue weighted by Crippen LogP contribution is 2.11. The fourth-order valence-electron chi connectivity index (χ4n) is 2.37. The Labute approximate surface area is 139 Å². The highest BCUT2D eigenvalue weighted by atomic mass is 16.2. The Morgan fingerprint density at radius 3 is 2.75 bits per heavy atom. The molecule has 0 spiro atoms. The number of aryl methyl sites for hydroxylation is 1. The number of nitrogens with zero attached hydrogens (tertiary/aromatic N) is 6. The summed E-state index contributed by atoms with van der Waals surface area (Å²) >= 11 is 0. The van der Waals surface area contributed by atoms with Gasteiger partial charge in [-0.15, -0.1) is 10.2 Å². The van der Waals surface area contributed by atoms with Gasteiger partial charge in [0, 0.05) is 29.9 Å². The molecule has 0 aliphatic carbocycles. The van der Waals surface area contributed by atoms with Gasteiger partial charge in [-0.2, -0.15) is 9.90 Å². The Bertz CT molecular complexity index is 822. The standard InChI is InChI=1S/C16H19N7O/c1-3-22-12(2)14(10-18-22)9-17-15(24)11-23-20-16(19-21-23)13-7-5-4-6-8-13/h4-8,10H,3,9,11H2,1-2H3,(H,17,24). The molecule has 3 aromatic rings. The van der Waals surface area contributed by atoms with E-state index in [-0.39, 0.29) is 12.5 Å². The van der Waals surface area contributed by atoms with Crippen LogP contribution in [0, 0.1) is 6.92 Å². The van der Waals surface area contributed by atoms with Gasteiger partial charge in [-0.05, 0) is 19.1 Å². The second kappa shape index (κ2) is 7.03. The van der Waals surface area contributed by atoms with Crippen molar-refractivity contribution in [2.45, 2.75) is 33.5 Å². The zero-order valence-corrected chi connectivity index (χ0v) is 13.7. The first kappa shape index (κ1) is 15.9. The van der Waals surface area contributed by atoms with E-state index < -0.39 is 0 Å². The summed E-state index contributed by atoms with van der Waals surface area (Å²) in [5, 5.41) is 19.2. The Hall–Kier alpha value is -3.03. The van der Waals surface area contributed by atoms with Crippen LogP contribution in [-0.4, -0.2) is 35.9 Å². The van der Waals surface area contributed by atoms with Gasteiger partial charge in [0.2, 0.25) is 11.7 Å². The first-order valence-electron chi connectivity index (χ1n) is 7.78. The molecule has 0 radical (unpaired) electrons. The lowest BCUT2D eigenvalue weighted by molar-refractivity contribution is -0.122. The lowest BCUT2D eigenvalue weighted by atomic mass is 10.2. The summed E-state index contributed by atoms with van der Waals surface area (Å²) in [5.74, 6) is 0.333. The maximum atomic E-state index is 12.1. The van der Waals surface area contributed by atoms with Crippen LogP contribution in [-0.2, 0) is 24.4 Å². The fourth-order valence-corrected chi connectivity index (χ4v) is 2.37. The zero-order chi connectivity index (χ0) is 16.9. The van der Waals surface area contributed by atoms with E-state index in [0.717, 1.165) is 23.4 Å². The molecular weight excluding hydrogens is 306 g/mol. The Balaban J connectivity index is 1.57. The third-order valence-electron chi connectivity index (χ3n) is 3.75. The number of aromatic nitrogens is 6. The van der Waals surface area contributed by atoms with Crippen LogP contribution in [0.15, 0.2) is 36.5 Å². The van der Waals surface area contributed by atoms with Crippen LogP contribution in [0.5, 0.6) is 0 Å². The molecule has 1 N–H and O–H groups in total. The summed E-state index contributed by atoms with van der Waals surface area (Å²) in [4.78, 5) is 13.3. The third kappa shape index (κ3) is 3.48. The monoisotopic (exact) mass is 325 g/mol. The van der Waals surface area contributed by atoms with E-state index in [1.165, 1.54) is 4.80 Å². The molecule has 0 saturated carbocycles. The topological polar surface area (TPSA) is 90.5 Å². The second-order valence-electron chi connectivity index (χ2n) is 5.36. The molecule has 124 valence electrons. The van der Waals surface area contributed by atoms with Gasteiger partial charge in [-0.3, -0.25) is 9.48 Å². The van der Waals surface area contributed by atoms with Crippen LogP contribution in [0.2, 0.25) is 0 Å². The van der Waals surface area contributed by atoms with Crippen LogP contribution in [0.25, 0.3) is 11.4 Å². The number of tetrazole rings is 1. The maximum absolute atomic E-state index is 12.1. The summed E-state index contributed by atoms with van der Waals surface area (Å²) in [6, 6.07) is 9.53. The van der Waals surface area contributed by atoms with Crippen molar-refractivity contribution in [2.75, 3.05) is 0 Å². The number of carbonyl (C=O) groups excluding carboxylic acids is 1. The van der Waals surface area contributed by atoms with Crippen molar-refractivity contribution < 1.29 is 4.79 Å². The van der Waals surface area contributed by atoms with Crippen molar-refractivity contribution in [3.05, 3.63) is 47.8 Å². The highest BCUT2D eigenvalue weighted by molar-refractivity contribution is 5.75. The van der Waals surface area contributed by atoms with E-state index in [4.69, 9.17) is 0 Å². The van der Waals surface area contributed by atoms with Crippen molar-refractivity contribution >= 4 is 5.91 Å². The average molecular weight is 325 g/mol.